The Morgan fingerprint density at radius 3 is 2.48 bits per heavy atom. The number of benzene rings is 2. The number of nitrogens with one attached hydrogen (secondary N) is 1. The second-order valence-electron chi connectivity index (χ2n) is 7.35. The van der Waals surface area contributed by atoms with Crippen LogP contribution in [-0.2, 0) is 6.18 Å². The van der Waals surface area contributed by atoms with Gasteiger partial charge in [-0.05, 0) is 43.3 Å². The molecule has 1 unspecified atom stereocenters. The van der Waals surface area contributed by atoms with Gasteiger partial charge in [-0.1, -0.05) is 18.2 Å². The SMILES string of the molecule is CC(Nc1ccccc1C(=O)O)c1cc(C(F)(F)F)cc2c(=O)cc(-c3ccccn3)oc12. The first-order valence-electron chi connectivity index (χ1n) is 9.84. The van der Waals surface area contributed by atoms with E-state index < -0.39 is 29.2 Å². The molecule has 0 bridgehead atoms. The minimum absolute atomic E-state index is 0.0380. The molecule has 0 aliphatic rings. The average Bonchev–Trinajstić information content (AvgIpc) is 2.78. The van der Waals surface area contributed by atoms with Gasteiger partial charge in [0.15, 0.2) is 11.2 Å². The second-order valence-corrected chi connectivity index (χ2v) is 7.35. The number of anilines is 1. The first-order valence-corrected chi connectivity index (χ1v) is 9.84. The lowest BCUT2D eigenvalue weighted by Crippen LogP contribution is -2.15. The number of halogens is 3. The molecule has 2 N–H and O–H groups in total. The summed E-state index contributed by atoms with van der Waals surface area (Å²) in [7, 11) is 0. The van der Waals surface area contributed by atoms with Crippen LogP contribution in [0.5, 0.6) is 0 Å². The summed E-state index contributed by atoms with van der Waals surface area (Å²) in [4.78, 5) is 28.4. The molecule has 0 fully saturated rings. The molecular formula is C24H17F3N2O4. The highest BCUT2D eigenvalue weighted by Gasteiger charge is 2.33. The average molecular weight is 454 g/mol. The van der Waals surface area contributed by atoms with Gasteiger partial charge in [0.2, 0.25) is 0 Å². The van der Waals surface area contributed by atoms with Crippen LogP contribution in [0.3, 0.4) is 0 Å². The fraction of sp³-hybridized carbons (Fsp3) is 0.125. The monoisotopic (exact) mass is 454 g/mol. The molecule has 33 heavy (non-hydrogen) atoms. The van der Waals surface area contributed by atoms with Crippen LogP contribution in [0.15, 0.2) is 76.1 Å². The van der Waals surface area contributed by atoms with E-state index in [1.165, 1.54) is 24.4 Å². The Hall–Kier alpha value is -4.14. The molecule has 2 aromatic carbocycles. The number of hydrogen-bond donors (Lipinski definition) is 2. The van der Waals surface area contributed by atoms with Crippen LogP contribution in [0.2, 0.25) is 0 Å². The fourth-order valence-electron chi connectivity index (χ4n) is 3.51. The number of carbonyl (C=O) groups is 1. The van der Waals surface area contributed by atoms with E-state index in [-0.39, 0.29) is 33.5 Å². The predicted molar refractivity (Wildman–Crippen MR) is 116 cm³/mol. The zero-order chi connectivity index (χ0) is 23.8. The maximum absolute atomic E-state index is 13.6. The third kappa shape index (κ3) is 4.43. The van der Waals surface area contributed by atoms with Crippen molar-refractivity contribution in [3.63, 3.8) is 0 Å². The number of alkyl halides is 3. The Morgan fingerprint density at radius 1 is 1.09 bits per heavy atom. The Bertz CT molecular complexity index is 1400. The summed E-state index contributed by atoms with van der Waals surface area (Å²) in [5.41, 5.74) is -1.13. The molecule has 0 saturated carbocycles. The molecule has 0 radical (unpaired) electrons. The minimum atomic E-state index is -4.70. The molecule has 0 saturated heterocycles. The van der Waals surface area contributed by atoms with Gasteiger partial charge in [-0.3, -0.25) is 9.78 Å². The molecule has 2 aromatic heterocycles. The van der Waals surface area contributed by atoms with Crippen molar-refractivity contribution in [2.45, 2.75) is 19.1 Å². The Balaban J connectivity index is 1.92. The Morgan fingerprint density at radius 2 is 1.82 bits per heavy atom. The van der Waals surface area contributed by atoms with E-state index in [1.54, 1.807) is 31.2 Å². The molecule has 2 heterocycles. The zero-order valence-electron chi connectivity index (χ0n) is 17.2. The van der Waals surface area contributed by atoms with Crippen molar-refractivity contribution in [3.05, 3.63) is 93.8 Å². The van der Waals surface area contributed by atoms with Crippen molar-refractivity contribution >= 4 is 22.6 Å². The van der Waals surface area contributed by atoms with Crippen LogP contribution >= 0.6 is 0 Å². The van der Waals surface area contributed by atoms with Crippen LogP contribution in [-0.4, -0.2) is 16.1 Å². The molecule has 4 aromatic rings. The van der Waals surface area contributed by atoms with Gasteiger partial charge in [0.05, 0.1) is 22.6 Å². The molecule has 0 amide bonds. The second kappa shape index (κ2) is 8.42. The van der Waals surface area contributed by atoms with Gasteiger partial charge in [0.1, 0.15) is 11.3 Å². The highest BCUT2D eigenvalue weighted by Crippen LogP contribution is 2.36. The highest BCUT2D eigenvalue weighted by atomic mass is 19.4. The van der Waals surface area contributed by atoms with Gasteiger partial charge < -0.3 is 14.8 Å². The maximum atomic E-state index is 13.6. The Kier molecular flexibility index (Phi) is 5.63. The lowest BCUT2D eigenvalue weighted by Gasteiger charge is -2.20. The number of rotatable bonds is 5. The largest absolute Gasteiger partial charge is 0.478 e. The summed E-state index contributed by atoms with van der Waals surface area (Å²) in [5.74, 6) is -1.09. The molecule has 0 aliphatic carbocycles. The standard InChI is InChI=1S/C24H17F3N2O4/c1-13(29-18-7-3-2-6-15(18)23(31)32)16-10-14(24(25,26)27)11-17-20(30)12-21(33-22(16)17)19-8-4-5-9-28-19/h2-13,29H,1H3,(H,31,32). The number of para-hydroxylation sites is 1. The van der Waals surface area contributed by atoms with Gasteiger partial charge in [-0.2, -0.15) is 13.2 Å². The molecule has 0 aliphatic heterocycles. The van der Waals surface area contributed by atoms with Crippen molar-refractivity contribution in [2.24, 2.45) is 0 Å². The summed E-state index contributed by atoms with van der Waals surface area (Å²) in [6, 6.07) is 12.9. The zero-order valence-corrected chi connectivity index (χ0v) is 17.2. The Labute approximate surface area is 185 Å². The number of carboxylic acids is 1. The normalized spacial score (nSPS) is 12.5. The lowest BCUT2D eigenvalue weighted by atomic mass is 9.99. The van der Waals surface area contributed by atoms with Crippen LogP contribution < -0.4 is 10.7 Å². The molecule has 9 heteroatoms. The van der Waals surface area contributed by atoms with Crippen molar-refractivity contribution in [1.29, 1.82) is 0 Å². The quantitative estimate of drug-likeness (QED) is 0.399. The fourth-order valence-corrected chi connectivity index (χ4v) is 3.51. The van der Waals surface area contributed by atoms with Crippen molar-refractivity contribution < 1.29 is 27.5 Å². The predicted octanol–water partition coefficient (Wildman–Crippen LogP) is 5.75. The van der Waals surface area contributed by atoms with Crippen molar-refractivity contribution in [1.82, 2.24) is 4.98 Å². The van der Waals surface area contributed by atoms with Crippen molar-refractivity contribution in [2.75, 3.05) is 5.32 Å². The number of carboxylic acid groups (broad SMARTS) is 1. The van der Waals surface area contributed by atoms with E-state index in [1.807, 2.05) is 0 Å². The molecule has 168 valence electrons. The smallest absolute Gasteiger partial charge is 0.416 e. The van der Waals surface area contributed by atoms with Gasteiger partial charge in [0.25, 0.3) is 0 Å². The number of aromatic carboxylic acids is 1. The summed E-state index contributed by atoms with van der Waals surface area (Å²) in [6.07, 6.45) is -3.20. The molecular weight excluding hydrogens is 437 g/mol. The van der Waals surface area contributed by atoms with E-state index in [2.05, 4.69) is 10.3 Å². The number of pyridine rings is 1. The van der Waals surface area contributed by atoms with Gasteiger partial charge in [0, 0.05) is 23.5 Å². The molecule has 1 atom stereocenters. The number of nitrogens with zero attached hydrogens (tertiary/aromatic N) is 1. The summed E-state index contributed by atoms with van der Waals surface area (Å²) in [6.45, 7) is 1.56. The third-order valence-electron chi connectivity index (χ3n) is 5.10. The first-order chi connectivity index (χ1) is 15.6. The third-order valence-corrected chi connectivity index (χ3v) is 5.10. The first kappa shape index (κ1) is 22.1. The van der Waals surface area contributed by atoms with Crippen LogP contribution in [0, 0.1) is 0 Å². The van der Waals surface area contributed by atoms with E-state index in [0.717, 1.165) is 18.2 Å². The highest BCUT2D eigenvalue weighted by molar-refractivity contribution is 5.94. The number of hydrogen-bond acceptors (Lipinski definition) is 5. The summed E-state index contributed by atoms with van der Waals surface area (Å²) < 4.78 is 46.7. The number of aromatic nitrogens is 1. The lowest BCUT2D eigenvalue weighted by molar-refractivity contribution is -0.137. The van der Waals surface area contributed by atoms with Crippen LogP contribution in [0.25, 0.3) is 22.4 Å². The topological polar surface area (TPSA) is 92.4 Å². The van der Waals surface area contributed by atoms with E-state index in [4.69, 9.17) is 4.42 Å². The van der Waals surface area contributed by atoms with E-state index >= 15 is 0 Å². The van der Waals surface area contributed by atoms with Crippen LogP contribution in [0.4, 0.5) is 18.9 Å². The van der Waals surface area contributed by atoms with Crippen LogP contribution in [0.1, 0.15) is 34.5 Å². The van der Waals surface area contributed by atoms with Gasteiger partial charge in [-0.15, -0.1) is 0 Å². The van der Waals surface area contributed by atoms with E-state index in [0.29, 0.717) is 5.69 Å². The molecule has 6 nitrogen and oxygen atoms in total. The minimum Gasteiger partial charge on any atom is -0.478 e. The van der Waals surface area contributed by atoms with E-state index in [9.17, 15) is 27.9 Å². The van der Waals surface area contributed by atoms with Gasteiger partial charge in [-0.25, -0.2) is 4.79 Å². The maximum Gasteiger partial charge on any atom is 0.416 e. The molecule has 0 spiro atoms. The molecule has 4 rings (SSSR count). The van der Waals surface area contributed by atoms with Crippen molar-refractivity contribution in [3.8, 4) is 11.5 Å². The number of fused-ring (bicyclic) bond motifs is 1. The summed E-state index contributed by atoms with van der Waals surface area (Å²) >= 11 is 0. The summed E-state index contributed by atoms with van der Waals surface area (Å²) in [5, 5.41) is 12.1. The van der Waals surface area contributed by atoms with Gasteiger partial charge >= 0.3 is 12.1 Å².